The second-order valence-corrected chi connectivity index (χ2v) is 11.9. The minimum atomic E-state index is -3.20. The molecular weight excluding hydrogens is 508 g/mol. The molecule has 0 saturated carbocycles. The van der Waals surface area contributed by atoms with Crippen LogP contribution < -0.4 is 10.6 Å². The molecule has 5 heterocycles. The molecular formula is C25H32N8O4S. The zero-order valence-electron chi connectivity index (χ0n) is 21.3. The van der Waals surface area contributed by atoms with Crippen LogP contribution in [-0.4, -0.2) is 75.4 Å². The standard InChI is InChI=1S/C25H32N8O4S/c1-38(36,37)32-12-9-17(10-13-32)22-8-3-2-4-11-26-25(35)23-21(15-27-31-23)30-24(34)20-7-5-6-19(29-20)18-14-28-33(22)16-18/h5-7,14-17,22H,2-4,8-13H2,1H3,(H,26,35)(H,27,31)(H,30,34). The fourth-order valence-electron chi connectivity index (χ4n) is 5.24. The van der Waals surface area contributed by atoms with E-state index in [2.05, 4.69) is 30.9 Å². The van der Waals surface area contributed by atoms with Gasteiger partial charge in [0.05, 0.1) is 36.1 Å². The lowest BCUT2D eigenvalue weighted by Crippen LogP contribution is -2.40. The molecule has 0 radical (unpaired) electrons. The first-order valence-electron chi connectivity index (χ1n) is 12.9. The maximum atomic E-state index is 12.9. The summed E-state index contributed by atoms with van der Waals surface area (Å²) >= 11 is 0. The average molecular weight is 541 g/mol. The van der Waals surface area contributed by atoms with Crippen molar-refractivity contribution < 1.29 is 18.0 Å². The summed E-state index contributed by atoms with van der Waals surface area (Å²) in [4.78, 5) is 30.2. The highest BCUT2D eigenvalue weighted by molar-refractivity contribution is 7.88. The van der Waals surface area contributed by atoms with Crippen molar-refractivity contribution in [1.29, 1.82) is 0 Å². The summed E-state index contributed by atoms with van der Waals surface area (Å²) in [5.41, 5.74) is 2.09. The number of hydrogen-bond donors (Lipinski definition) is 3. The predicted molar refractivity (Wildman–Crippen MR) is 141 cm³/mol. The molecule has 4 bridgehead atoms. The molecule has 0 aliphatic carbocycles. The van der Waals surface area contributed by atoms with E-state index in [1.165, 1.54) is 12.5 Å². The van der Waals surface area contributed by atoms with E-state index in [1.807, 2.05) is 16.9 Å². The Kier molecular flexibility index (Phi) is 7.56. The number of carbonyl (C=O) groups excluding carboxylic acids is 2. The van der Waals surface area contributed by atoms with Gasteiger partial charge >= 0.3 is 0 Å². The number of fused-ring (bicyclic) bond motifs is 6. The van der Waals surface area contributed by atoms with Gasteiger partial charge in [-0.05, 0) is 43.7 Å². The number of aromatic nitrogens is 5. The van der Waals surface area contributed by atoms with Gasteiger partial charge in [-0.2, -0.15) is 10.2 Å². The summed E-state index contributed by atoms with van der Waals surface area (Å²) in [5, 5.41) is 16.9. The molecule has 1 saturated heterocycles. The zero-order valence-corrected chi connectivity index (χ0v) is 22.1. The van der Waals surface area contributed by atoms with Crippen molar-refractivity contribution in [2.45, 2.75) is 44.6 Å². The molecule has 3 aromatic rings. The number of hydrogen-bond acceptors (Lipinski definition) is 7. The number of nitrogens with zero attached hydrogens (tertiary/aromatic N) is 5. The normalized spacial score (nSPS) is 20.6. The highest BCUT2D eigenvalue weighted by atomic mass is 32.2. The van der Waals surface area contributed by atoms with E-state index >= 15 is 0 Å². The third kappa shape index (κ3) is 5.78. The van der Waals surface area contributed by atoms with Gasteiger partial charge in [-0.1, -0.05) is 18.9 Å². The summed E-state index contributed by atoms with van der Waals surface area (Å²) in [6.45, 7) is 1.51. The molecule has 3 aromatic heterocycles. The van der Waals surface area contributed by atoms with Gasteiger partial charge in [-0.3, -0.25) is 19.4 Å². The summed E-state index contributed by atoms with van der Waals surface area (Å²) < 4.78 is 27.5. The van der Waals surface area contributed by atoms with Crippen LogP contribution in [0.25, 0.3) is 11.3 Å². The van der Waals surface area contributed by atoms with Crippen LogP contribution in [0.5, 0.6) is 0 Å². The number of nitrogens with one attached hydrogen (secondary N) is 3. The molecule has 2 aliphatic rings. The topological polar surface area (TPSA) is 155 Å². The number of rotatable bonds is 2. The number of carbonyl (C=O) groups is 2. The summed E-state index contributed by atoms with van der Waals surface area (Å²) in [7, 11) is -3.20. The molecule has 3 N–H and O–H groups in total. The molecule has 12 nitrogen and oxygen atoms in total. The number of aromatic amines is 1. The molecule has 2 amide bonds. The second-order valence-electron chi connectivity index (χ2n) is 9.90. The number of amides is 2. The lowest BCUT2D eigenvalue weighted by molar-refractivity contribution is 0.0948. The Balaban J connectivity index is 1.42. The second kappa shape index (κ2) is 11.0. The van der Waals surface area contributed by atoms with E-state index in [0.29, 0.717) is 31.0 Å². The van der Waals surface area contributed by atoms with Gasteiger partial charge in [0.2, 0.25) is 10.0 Å². The molecule has 1 atom stereocenters. The van der Waals surface area contributed by atoms with Crippen LogP contribution in [0.1, 0.15) is 65.5 Å². The van der Waals surface area contributed by atoms with Gasteiger partial charge in [-0.25, -0.2) is 17.7 Å². The van der Waals surface area contributed by atoms with Crippen molar-refractivity contribution in [2.24, 2.45) is 5.92 Å². The first-order valence-corrected chi connectivity index (χ1v) is 14.7. The number of sulfonamides is 1. The molecule has 5 rings (SSSR count). The van der Waals surface area contributed by atoms with E-state index in [9.17, 15) is 18.0 Å². The Morgan fingerprint density at radius 2 is 1.76 bits per heavy atom. The predicted octanol–water partition coefficient (Wildman–Crippen LogP) is 2.44. The molecule has 38 heavy (non-hydrogen) atoms. The number of pyridine rings is 1. The molecule has 202 valence electrons. The Labute approximate surface area is 221 Å². The molecule has 13 heteroatoms. The van der Waals surface area contributed by atoms with Crippen molar-refractivity contribution >= 4 is 27.5 Å². The van der Waals surface area contributed by atoms with Crippen molar-refractivity contribution in [3.63, 3.8) is 0 Å². The van der Waals surface area contributed by atoms with E-state index in [4.69, 9.17) is 0 Å². The van der Waals surface area contributed by atoms with Gasteiger partial charge in [-0.15, -0.1) is 0 Å². The first kappa shape index (κ1) is 26.0. The Hall–Kier alpha value is -3.58. The van der Waals surface area contributed by atoms with Crippen LogP contribution in [0.3, 0.4) is 0 Å². The van der Waals surface area contributed by atoms with Crippen LogP contribution in [-0.2, 0) is 10.0 Å². The average Bonchev–Trinajstić information content (AvgIpc) is 3.57. The third-order valence-corrected chi connectivity index (χ3v) is 8.61. The van der Waals surface area contributed by atoms with E-state index in [-0.39, 0.29) is 29.3 Å². The van der Waals surface area contributed by atoms with Gasteiger partial charge in [0, 0.05) is 31.4 Å². The van der Waals surface area contributed by atoms with Gasteiger partial charge in [0.1, 0.15) is 11.4 Å². The van der Waals surface area contributed by atoms with Crippen molar-refractivity contribution in [3.8, 4) is 11.3 Å². The monoisotopic (exact) mass is 540 g/mol. The van der Waals surface area contributed by atoms with E-state index < -0.39 is 15.9 Å². The fraction of sp³-hybridized carbons (Fsp3) is 0.480. The quantitative estimate of drug-likeness (QED) is 0.451. The van der Waals surface area contributed by atoms with Crippen LogP contribution in [0.2, 0.25) is 0 Å². The largest absolute Gasteiger partial charge is 0.351 e. The van der Waals surface area contributed by atoms with E-state index in [1.54, 1.807) is 22.6 Å². The number of H-pyrrole nitrogens is 1. The maximum Gasteiger partial charge on any atom is 0.274 e. The Bertz CT molecular complexity index is 1410. The first-order chi connectivity index (χ1) is 18.3. The Morgan fingerprint density at radius 3 is 2.55 bits per heavy atom. The van der Waals surface area contributed by atoms with Crippen LogP contribution in [0.4, 0.5) is 5.69 Å². The highest BCUT2D eigenvalue weighted by Crippen LogP contribution is 2.34. The van der Waals surface area contributed by atoms with Crippen LogP contribution in [0, 0.1) is 5.92 Å². The van der Waals surface area contributed by atoms with Gasteiger partial charge in [0.25, 0.3) is 11.8 Å². The highest BCUT2D eigenvalue weighted by Gasteiger charge is 2.31. The molecule has 0 spiro atoms. The summed E-state index contributed by atoms with van der Waals surface area (Å²) in [6.07, 6.45) is 11.5. The summed E-state index contributed by atoms with van der Waals surface area (Å²) in [6, 6.07) is 5.30. The van der Waals surface area contributed by atoms with Gasteiger partial charge < -0.3 is 10.6 Å². The molecule has 1 fully saturated rings. The zero-order chi connectivity index (χ0) is 26.7. The lowest BCUT2D eigenvalue weighted by atomic mass is 9.87. The fourth-order valence-corrected chi connectivity index (χ4v) is 6.11. The molecule has 2 aliphatic heterocycles. The SMILES string of the molecule is CS(=O)(=O)N1CCC(C2CCCCCNC(=O)c3[nH]ncc3NC(=O)c3cccc(n3)-c3cnn2c3)CC1. The number of anilines is 1. The molecule has 1 unspecified atom stereocenters. The third-order valence-electron chi connectivity index (χ3n) is 7.31. The smallest absolute Gasteiger partial charge is 0.274 e. The van der Waals surface area contributed by atoms with Crippen molar-refractivity contribution in [2.75, 3.05) is 31.2 Å². The minimum absolute atomic E-state index is 0.109. The van der Waals surface area contributed by atoms with E-state index in [0.717, 1.165) is 44.1 Å². The minimum Gasteiger partial charge on any atom is -0.351 e. The molecule has 0 aromatic carbocycles. The van der Waals surface area contributed by atoms with Crippen molar-refractivity contribution in [3.05, 3.63) is 48.2 Å². The maximum absolute atomic E-state index is 12.9. The van der Waals surface area contributed by atoms with Crippen LogP contribution in [0.15, 0.2) is 36.8 Å². The number of piperidine rings is 1. The van der Waals surface area contributed by atoms with Gasteiger partial charge in [0.15, 0.2) is 0 Å². The Morgan fingerprint density at radius 1 is 0.974 bits per heavy atom. The van der Waals surface area contributed by atoms with Crippen LogP contribution >= 0.6 is 0 Å². The van der Waals surface area contributed by atoms with Crippen molar-refractivity contribution in [1.82, 2.24) is 34.6 Å². The summed E-state index contributed by atoms with van der Waals surface area (Å²) in [5.74, 6) is -0.500. The lowest BCUT2D eigenvalue weighted by Gasteiger charge is -2.35.